The van der Waals surface area contributed by atoms with Crippen molar-refractivity contribution in [2.45, 2.75) is 13.8 Å². The molecular weight excluding hydrogens is 650 g/mol. The van der Waals surface area contributed by atoms with Crippen LogP contribution in [0.3, 0.4) is 0 Å². The minimum absolute atomic E-state index is 0.124. The first kappa shape index (κ1) is 28.0. The lowest BCUT2D eigenvalue weighted by atomic mass is 10.1. The van der Waals surface area contributed by atoms with Gasteiger partial charge in [0.1, 0.15) is 0 Å². The third kappa shape index (κ3) is 9.85. The Hall–Kier alpha value is -1.28. The lowest BCUT2D eigenvalue weighted by molar-refractivity contribution is 0.0302. The Morgan fingerprint density at radius 2 is 1.33 bits per heavy atom. The number of nitrogens with zero attached hydrogens (tertiary/aromatic N) is 1. The van der Waals surface area contributed by atoms with Crippen molar-refractivity contribution < 1.29 is 24.2 Å². The van der Waals surface area contributed by atoms with Crippen molar-refractivity contribution in [1.29, 1.82) is 0 Å². The number of ether oxygens (including phenoxy) is 2. The van der Waals surface area contributed by atoms with Gasteiger partial charge in [0, 0.05) is 38.9 Å². The van der Waals surface area contributed by atoms with Gasteiger partial charge in [0.15, 0.2) is 0 Å². The minimum Gasteiger partial charge on any atom is -0.478 e. The maximum absolute atomic E-state index is 12.2. The first-order chi connectivity index (χ1) is 15.8. The van der Waals surface area contributed by atoms with Crippen molar-refractivity contribution in [3.8, 4) is 0 Å². The molecule has 0 unspecified atom stereocenters. The number of carbonyl (C=O) groups is 2. The first-order valence-corrected chi connectivity index (χ1v) is 12.9. The van der Waals surface area contributed by atoms with E-state index in [0.29, 0.717) is 31.9 Å². The molecule has 0 aromatic heterocycles. The summed E-state index contributed by atoms with van der Waals surface area (Å²) >= 11 is 4.32. The van der Waals surface area contributed by atoms with Gasteiger partial charge < -0.3 is 24.8 Å². The Morgan fingerprint density at radius 1 is 0.848 bits per heavy atom. The van der Waals surface area contributed by atoms with Crippen LogP contribution in [-0.2, 0) is 9.47 Å². The van der Waals surface area contributed by atoms with Gasteiger partial charge in [-0.3, -0.25) is 4.79 Å². The maximum Gasteiger partial charge on any atom is 0.335 e. The highest BCUT2D eigenvalue weighted by Gasteiger charge is 2.19. The second-order valence-corrected chi connectivity index (χ2v) is 9.98. The lowest BCUT2D eigenvalue weighted by Crippen LogP contribution is -2.40. The van der Waals surface area contributed by atoms with E-state index in [1.54, 1.807) is 13.0 Å². The molecule has 0 saturated carbocycles. The number of morpholine rings is 2. The van der Waals surface area contributed by atoms with Crippen molar-refractivity contribution in [2.75, 3.05) is 52.6 Å². The summed E-state index contributed by atoms with van der Waals surface area (Å²) in [6.45, 7) is 10.3. The van der Waals surface area contributed by atoms with Crippen LogP contribution in [0.4, 0.5) is 0 Å². The molecule has 7 nitrogen and oxygen atoms in total. The van der Waals surface area contributed by atoms with E-state index in [9.17, 15) is 9.59 Å². The number of hydrogen-bond donors (Lipinski definition) is 2. The zero-order valence-corrected chi connectivity index (χ0v) is 23.2. The Morgan fingerprint density at radius 3 is 1.76 bits per heavy atom. The molecule has 2 N–H and O–H groups in total. The summed E-state index contributed by atoms with van der Waals surface area (Å²) in [5.74, 6) is -0.736. The van der Waals surface area contributed by atoms with Crippen LogP contribution in [0.25, 0.3) is 0 Å². The second-order valence-electron chi connectivity index (χ2n) is 7.49. The number of aryl methyl sites for hydroxylation is 2. The van der Waals surface area contributed by atoms with Crippen LogP contribution in [-0.4, -0.2) is 74.5 Å². The van der Waals surface area contributed by atoms with Crippen LogP contribution < -0.4 is 5.32 Å². The van der Waals surface area contributed by atoms with Crippen LogP contribution in [0.2, 0.25) is 0 Å². The SMILES string of the molecule is C1COCCN1.Cc1ccc(I)cc1C(=O)N1CCOCC1.Cc1ccc(I)cc1C(=O)O. The summed E-state index contributed by atoms with van der Waals surface area (Å²) in [6, 6.07) is 11.3. The summed E-state index contributed by atoms with van der Waals surface area (Å²) in [5.41, 5.74) is 3.04. The number of aromatic carboxylic acids is 1. The van der Waals surface area contributed by atoms with Crippen molar-refractivity contribution in [1.82, 2.24) is 10.2 Å². The number of carbonyl (C=O) groups excluding carboxylic acids is 1. The summed E-state index contributed by atoms with van der Waals surface area (Å²) in [5, 5.41) is 11.8. The van der Waals surface area contributed by atoms with Crippen molar-refractivity contribution in [2.24, 2.45) is 0 Å². The van der Waals surface area contributed by atoms with Crippen LogP contribution in [0.15, 0.2) is 36.4 Å². The van der Waals surface area contributed by atoms with Gasteiger partial charge in [-0.1, -0.05) is 12.1 Å². The lowest BCUT2D eigenvalue weighted by Gasteiger charge is -2.27. The number of carboxylic acids is 1. The third-order valence-corrected chi connectivity index (χ3v) is 6.35. The topological polar surface area (TPSA) is 88.1 Å². The number of halogens is 2. The average Bonchev–Trinajstić information content (AvgIpc) is 2.84. The van der Waals surface area contributed by atoms with Crippen molar-refractivity contribution in [3.63, 3.8) is 0 Å². The molecule has 2 aromatic carbocycles. The van der Waals surface area contributed by atoms with E-state index >= 15 is 0 Å². The fourth-order valence-corrected chi connectivity index (χ4v) is 4.08. The predicted molar refractivity (Wildman–Crippen MR) is 145 cm³/mol. The first-order valence-electron chi connectivity index (χ1n) is 10.7. The molecule has 0 bridgehead atoms. The highest BCUT2D eigenvalue weighted by Crippen LogP contribution is 2.16. The molecule has 0 spiro atoms. The van der Waals surface area contributed by atoms with Gasteiger partial charge in [0.25, 0.3) is 5.91 Å². The van der Waals surface area contributed by atoms with E-state index in [1.165, 1.54) is 0 Å². The van der Waals surface area contributed by atoms with Gasteiger partial charge in [-0.05, 0) is 94.4 Å². The van der Waals surface area contributed by atoms with Crippen LogP contribution >= 0.6 is 45.2 Å². The zero-order valence-electron chi connectivity index (χ0n) is 18.9. The largest absolute Gasteiger partial charge is 0.478 e. The number of benzene rings is 2. The normalized spacial score (nSPS) is 15.5. The van der Waals surface area contributed by atoms with E-state index < -0.39 is 5.97 Å². The molecule has 0 atom stereocenters. The molecule has 1 amide bonds. The summed E-state index contributed by atoms with van der Waals surface area (Å²) in [7, 11) is 0. The average molecular weight is 680 g/mol. The number of amides is 1. The van der Waals surface area contributed by atoms with Gasteiger partial charge in [0.2, 0.25) is 0 Å². The molecule has 2 aliphatic heterocycles. The van der Waals surface area contributed by atoms with Crippen LogP contribution in [0, 0.1) is 21.0 Å². The Kier molecular flexibility index (Phi) is 12.6. The van der Waals surface area contributed by atoms with E-state index in [0.717, 1.165) is 50.1 Å². The Bertz CT molecular complexity index is 918. The second kappa shape index (κ2) is 14.9. The summed E-state index contributed by atoms with van der Waals surface area (Å²) < 4.78 is 12.3. The number of carboxylic acid groups (broad SMARTS) is 1. The van der Waals surface area contributed by atoms with Gasteiger partial charge in [-0.2, -0.15) is 0 Å². The van der Waals surface area contributed by atoms with Gasteiger partial charge in [-0.15, -0.1) is 0 Å². The molecule has 0 radical (unpaired) electrons. The van der Waals surface area contributed by atoms with Crippen molar-refractivity contribution in [3.05, 3.63) is 65.8 Å². The Balaban J connectivity index is 0.000000195. The molecule has 2 heterocycles. The number of nitrogens with one attached hydrogen (secondary N) is 1. The summed E-state index contributed by atoms with van der Waals surface area (Å²) in [6.07, 6.45) is 0. The number of rotatable bonds is 2. The molecule has 0 aliphatic carbocycles. The third-order valence-electron chi connectivity index (χ3n) is 5.00. The number of hydrogen-bond acceptors (Lipinski definition) is 5. The molecule has 180 valence electrons. The zero-order chi connectivity index (χ0) is 24.2. The molecule has 33 heavy (non-hydrogen) atoms. The molecule has 2 aliphatic rings. The highest BCUT2D eigenvalue weighted by atomic mass is 127. The van der Waals surface area contributed by atoms with Gasteiger partial charge >= 0.3 is 5.97 Å². The molecule has 2 aromatic rings. The minimum atomic E-state index is -0.860. The Labute approximate surface area is 222 Å². The van der Waals surface area contributed by atoms with Crippen molar-refractivity contribution >= 4 is 57.1 Å². The monoisotopic (exact) mass is 680 g/mol. The maximum atomic E-state index is 12.2. The predicted octanol–water partition coefficient (Wildman–Crippen LogP) is 3.98. The van der Waals surface area contributed by atoms with Crippen LogP contribution in [0.5, 0.6) is 0 Å². The van der Waals surface area contributed by atoms with Gasteiger partial charge in [0.05, 0.1) is 32.0 Å². The van der Waals surface area contributed by atoms with Gasteiger partial charge in [-0.25, -0.2) is 4.79 Å². The van der Waals surface area contributed by atoms with E-state index in [-0.39, 0.29) is 5.91 Å². The van der Waals surface area contributed by atoms with E-state index in [1.807, 2.05) is 42.2 Å². The van der Waals surface area contributed by atoms with Crippen LogP contribution in [0.1, 0.15) is 31.8 Å². The quantitative estimate of drug-likeness (QED) is 0.468. The fourth-order valence-electron chi connectivity index (χ4n) is 3.10. The fraction of sp³-hybridized carbons (Fsp3) is 0.417. The highest BCUT2D eigenvalue weighted by molar-refractivity contribution is 14.1. The molecule has 4 rings (SSSR count). The molecular formula is C24H30I2N2O5. The molecule has 9 heteroatoms. The molecule has 2 saturated heterocycles. The standard InChI is InChI=1S/C12H14INO2.C8H7IO2.C4H9NO/c1-9-2-3-10(13)8-11(9)12(15)14-4-6-16-7-5-14;1-5-2-3-6(9)4-7(5)8(10)11;1-3-6-4-2-5-1/h2-3,8H,4-7H2,1H3;2-4H,1H3,(H,10,11);5H,1-4H2. The molecule has 2 fully saturated rings. The summed E-state index contributed by atoms with van der Waals surface area (Å²) in [4.78, 5) is 24.7. The van der Waals surface area contributed by atoms with E-state index in [2.05, 4.69) is 50.5 Å². The smallest absolute Gasteiger partial charge is 0.335 e. The van der Waals surface area contributed by atoms with E-state index in [4.69, 9.17) is 14.6 Å².